The van der Waals surface area contributed by atoms with E-state index in [2.05, 4.69) is 76.5 Å². The van der Waals surface area contributed by atoms with Gasteiger partial charge in [0.15, 0.2) is 0 Å². The van der Waals surface area contributed by atoms with Gasteiger partial charge in [0.05, 0.1) is 0 Å². The van der Waals surface area contributed by atoms with E-state index in [0.29, 0.717) is 21.7 Å². The third-order valence-corrected chi connectivity index (χ3v) is 10.5. The van der Waals surface area contributed by atoms with E-state index in [1.165, 1.54) is 25.7 Å². The molecule has 4 bridgehead atoms. The van der Waals surface area contributed by atoms with Crippen molar-refractivity contribution in [3.63, 3.8) is 0 Å². The van der Waals surface area contributed by atoms with E-state index >= 15 is 0 Å². The zero-order valence-electron chi connectivity index (χ0n) is 20.0. The summed E-state index contributed by atoms with van der Waals surface area (Å²) < 4.78 is 0. The summed E-state index contributed by atoms with van der Waals surface area (Å²) in [6.07, 6.45) is 5.95. The van der Waals surface area contributed by atoms with Crippen molar-refractivity contribution in [3.8, 4) is 0 Å². The number of rotatable bonds is 2. The minimum Gasteiger partial charge on any atom is -0.0647 e. The Hall–Kier alpha value is 0.0649. The lowest BCUT2D eigenvalue weighted by atomic mass is 9.28. The Labute approximate surface area is 171 Å². The second-order valence-electron chi connectivity index (χ2n) is 14.5. The minimum atomic E-state index is 0.433. The highest BCUT2D eigenvalue weighted by atomic mass is 14.7. The quantitative estimate of drug-likeness (QED) is 0.437. The molecule has 0 aliphatic heterocycles. The summed E-state index contributed by atoms with van der Waals surface area (Å²) in [6, 6.07) is 0. The highest BCUT2D eigenvalue weighted by Crippen LogP contribution is 2.71. The molecule has 1 heteroatoms. The minimum absolute atomic E-state index is 0.433. The molecule has 1 radical (unpaired) electrons. The predicted molar refractivity (Wildman–Crippen MR) is 119 cm³/mol. The lowest BCUT2D eigenvalue weighted by molar-refractivity contribution is -0.141. The molecule has 0 aromatic heterocycles. The Kier molecular flexibility index (Phi) is 4.38. The van der Waals surface area contributed by atoms with Crippen molar-refractivity contribution in [3.05, 3.63) is 0 Å². The predicted octanol–water partition coefficient (Wildman–Crippen LogP) is 7.72. The van der Waals surface area contributed by atoms with Crippen LogP contribution in [0, 0.1) is 57.2 Å². The average molecular weight is 369 g/mol. The molecule has 8 atom stereocenters. The summed E-state index contributed by atoms with van der Waals surface area (Å²) >= 11 is 0. The molecule has 0 aromatic rings. The smallest absolute Gasteiger partial charge is 0.0647 e. The summed E-state index contributed by atoms with van der Waals surface area (Å²) in [7, 11) is 2.95. The van der Waals surface area contributed by atoms with Crippen molar-refractivity contribution >= 4 is 7.28 Å². The highest BCUT2D eigenvalue weighted by Gasteiger charge is 2.63. The van der Waals surface area contributed by atoms with Crippen molar-refractivity contribution in [2.24, 2.45) is 57.2 Å². The Morgan fingerprint density at radius 2 is 0.926 bits per heavy atom. The fraction of sp³-hybridized carbons (Fsp3) is 1.00. The Morgan fingerprint density at radius 1 is 0.593 bits per heavy atom. The van der Waals surface area contributed by atoms with Crippen LogP contribution in [0.25, 0.3) is 0 Å². The normalized spacial score (nSPS) is 47.6. The van der Waals surface area contributed by atoms with Crippen molar-refractivity contribution in [1.29, 1.82) is 0 Å². The van der Waals surface area contributed by atoms with E-state index < -0.39 is 0 Å². The Bertz CT molecular complexity index is 534. The van der Waals surface area contributed by atoms with E-state index in [4.69, 9.17) is 0 Å². The molecule has 153 valence electrons. The molecule has 6 saturated carbocycles. The number of hydrogen-bond donors (Lipinski definition) is 0. The molecule has 0 aromatic carbocycles. The van der Waals surface area contributed by atoms with Crippen LogP contribution in [0.15, 0.2) is 0 Å². The van der Waals surface area contributed by atoms with Gasteiger partial charge < -0.3 is 0 Å². The largest absolute Gasteiger partial charge is 0.118 e. The summed E-state index contributed by atoms with van der Waals surface area (Å²) in [5.74, 6) is 7.32. The second-order valence-corrected chi connectivity index (χ2v) is 14.5. The third-order valence-electron chi connectivity index (χ3n) is 10.5. The molecule has 27 heavy (non-hydrogen) atoms. The van der Waals surface area contributed by atoms with Crippen molar-refractivity contribution in [2.45, 2.75) is 107 Å². The Balaban J connectivity index is 1.58. The van der Waals surface area contributed by atoms with Crippen LogP contribution in [0.3, 0.4) is 0 Å². The summed E-state index contributed by atoms with van der Waals surface area (Å²) in [5.41, 5.74) is 2.04. The van der Waals surface area contributed by atoms with Crippen LogP contribution in [0.5, 0.6) is 0 Å². The highest BCUT2D eigenvalue weighted by molar-refractivity contribution is 6.40. The van der Waals surface area contributed by atoms with Crippen LogP contribution in [-0.2, 0) is 0 Å². The van der Waals surface area contributed by atoms with Crippen LogP contribution in [0.1, 0.15) is 94.9 Å². The number of hydrogen-bond acceptors (Lipinski definition) is 0. The maximum Gasteiger partial charge on any atom is 0.118 e. The second kappa shape index (κ2) is 5.82. The van der Waals surface area contributed by atoms with Gasteiger partial charge in [-0.1, -0.05) is 93.7 Å². The topological polar surface area (TPSA) is 0 Å². The molecule has 6 aliphatic carbocycles. The van der Waals surface area contributed by atoms with Gasteiger partial charge in [-0.15, -0.1) is 0 Å². The maximum atomic E-state index is 2.95. The van der Waals surface area contributed by atoms with Crippen molar-refractivity contribution in [1.82, 2.24) is 0 Å². The van der Waals surface area contributed by atoms with Gasteiger partial charge in [-0.25, -0.2) is 0 Å². The van der Waals surface area contributed by atoms with Crippen molar-refractivity contribution < 1.29 is 0 Å². The zero-order chi connectivity index (χ0) is 20.2. The first-order valence-electron chi connectivity index (χ1n) is 12.0. The van der Waals surface area contributed by atoms with Crippen LogP contribution < -0.4 is 0 Å². The van der Waals surface area contributed by atoms with Gasteiger partial charge in [-0.2, -0.15) is 0 Å². The molecule has 0 unspecified atom stereocenters. The molecule has 0 nitrogen and oxygen atoms in total. The van der Waals surface area contributed by atoms with Crippen LogP contribution in [0.2, 0.25) is 11.6 Å². The maximum absolute atomic E-state index is 2.95. The molecular weight excluding hydrogens is 323 g/mol. The lowest BCUT2D eigenvalue weighted by Gasteiger charge is -2.68. The molecule has 6 fully saturated rings. The van der Waals surface area contributed by atoms with Crippen molar-refractivity contribution in [2.75, 3.05) is 0 Å². The molecule has 0 amide bonds. The van der Waals surface area contributed by atoms with Gasteiger partial charge in [-0.05, 0) is 70.0 Å². The van der Waals surface area contributed by atoms with E-state index in [0.717, 1.165) is 47.1 Å². The molecule has 0 saturated heterocycles. The first kappa shape index (κ1) is 20.3. The van der Waals surface area contributed by atoms with Gasteiger partial charge in [0.25, 0.3) is 0 Å². The fourth-order valence-corrected chi connectivity index (χ4v) is 8.88. The molecule has 0 N–H and O–H groups in total. The van der Waals surface area contributed by atoms with Gasteiger partial charge >= 0.3 is 0 Å². The SMILES string of the molecule is CC(C)(C)[C@H]1[C@H]([B][C@@H]2C[C@@H]3C[C@H]([C@H]2C(C)(C)C)C3(C)C)C[C@@H]2C[C@H]1C2(C)C. The first-order valence-corrected chi connectivity index (χ1v) is 12.0. The van der Waals surface area contributed by atoms with Gasteiger partial charge in [0.2, 0.25) is 0 Å². The summed E-state index contributed by atoms with van der Waals surface area (Å²) in [5, 5.41) is 0. The average Bonchev–Trinajstić information content (AvgIpc) is 2.52. The van der Waals surface area contributed by atoms with E-state index in [9.17, 15) is 0 Å². The van der Waals surface area contributed by atoms with Crippen LogP contribution in [0.4, 0.5) is 0 Å². The zero-order valence-corrected chi connectivity index (χ0v) is 20.0. The van der Waals surface area contributed by atoms with E-state index in [-0.39, 0.29) is 0 Å². The van der Waals surface area contributed by atoms with Gasteiger partial charge in [0.1, 0.15) is 7.28 Å². The molecule has 6 rings (SSSR count). The third kappa shape index (κ3) is 2.91. The van der Waals surface area contributed by atoms with Gasteiger partial charge in [0, 0.05) is 0 Å². The van der Waals surface area contributed by atoms with Gasteiger partial charge in [-0.3, -0.25) is 0 Å². The van der Waals surface area contributed by atoms with Crippen LogP contribution >= 0.6 is 0 Å². The molecule has 6 aliphatic rings. The summed E-state index contributed by atoms with van der Waals surface area (Å²) in [4.78, 5) is 0. The van der Waals surface area contributed by atoms with Crippen LogP contribution in [-0.4, -0.2) is 7.28 Å². The fourth-order valence-electron chi connectivity index (χ4n) is 8.88. The molecule has 0 heterocycles. The molecular formula is C26H46B. The van der Waals surface area contributed by atoms with E-state index in [1.54, 1.807) is 0 Å². The Morgan fingerprint density at radius 3 is 1.19 bits per heavy atom. The molecule has 0 spiro atoms. The lowest BCUT2D eigenvalue weighted by Crippen LogP contribution is -2.60. The standard InChI is InChI=1S/C26H46B/c1-23(2,3)21-17-11-15(25(17,7)8)13-19(21)27-20-14-16-12-18(26(16,9)10)22(20)24(4,5)6/h15-22H,11-14H2,1-10H3/t15-,16-,17+,18+,19+,20+,21+,22+/m0/s1. The number of fused-ring (bicyclic) bond motifs is 4. The summed E-state index contributed by atoms with van der Waals surface area (Å²) in [6.45, 7) is 25.4. The van der Waals surface area contributed by atoms with E-state index in [1.807, 2.05) is 0 Å². The first-order chi connectivity index (χ1) is 12.1. The monoisotopic (exact) mass is 369 g/mol.